The Bertz CT molecular complexity index is 1110. The van der Waals surface area contributed by atoms with Gasteiger partial charge in [-0.05, 0) is 38.5 Å². The first-order chi connectivity index (χ1) is 33.2. The smallest absolute Gasteiger partial charge is 0.249 e. The maximum absolute atomic E-state index is 13.1. The highest BCUT2D eigenvalue weighted by atomic mass is 16.7. The molecule has 0 radical (unpaired) electrons. The van der Waals surface area contributed by atoms with Crippen LogP contribution in [-0.2, 0) is 14.3 Å². The zero-order valence-corrected chi connectivity index (χ0v) is 44.1. The topological polar surface area (TPSA) is 189 Å². The monoisotopic (exact) mass is 970 g/mol. The van der Waals surface area contributed by atoms with Crippen molar-refractivity contribution in [3.63, 3.8) is 0 Å². The van der Waals surface area contributed by atoms with E-state index in [1.807, 2.05) is 0 Å². The van der Waals surface area contributed by atoms with Crippen LogP contribution in [-0.4, -0.2) is 110 Å². The SMILES string of the molecule is CCCCCCCCCCCCCCCCCCCCCCCCCC/C=C/CCCC(O)C(O)C(COC1OC(CO)C(O)C(O)C1O)NC(=O)C(O)CCCCCCCCCCCCCC. The van der Waals surface area contributed by atoms with Crippen molar-refractivity contribution in [2.75, 3.05) is 13.2 Å². The highest BCUT2D eigenvalue weighted by Gasteiger charge is 2.44. The van der Waals surface area contributed by atoms with Gasteiger partial charge in [0.2, 0.25) is 5.91 Å². The van der Waals surface area contributed by atoms with Crippen molar-refractivity contribution in [1.82, 2.24) is 5.32 Å². The van der Waals surface area contributed by atoms with Crippen LogP contribution in [0.4, 0.5) is 0 Å². The van der Waals surface area contributed by atoms with E-state index < -0.39 is 74.2 Å². The minimum atomic E-state index is -1.66. The van der Waals surface area contributed by atoms with E-state index in [2.05, 4.69) is 31.3 Å². The summed E-state index contributed by atoms with van der Waals surface area (Å²) in [6.07, 6.45) is 42.9. The molecule has 0 spiro atoms. The molecule has 0 aromatic carbocycles. The molecule has 1 fully saturated rings. The Kier molecular flexibility index (Phi) is 44.7. The molecule has 8 N–H and O–H groups in total. The number of carbonyl (C=O) groups excluding carboxylic acids is 1. The summed E-state index contributed by atoms with van der Waals surface area (Å²) >= 11 is 0. The van der Waals surface area contributed by atoms with Gasteiger partial charge in [-0.15, -0.1) is 0 Å². The van der Waals surface area contributed by atoms with Gasteiger partial charge in [0.25, 0.3) is 0 Å². The maximum atomic E-state index is 13.1. The number of aliphatic hydroxyl groups is 7. The first kappa shape index (κ1) is 64.9. The van der Waals surface area contributed by atoms with Crippen LogP contribution < -0.4 is 5.32 Å². The first-order valence-electron chi connectivity index (χ1n) is 29.1. The van der Waals surface area contributed by atoms with E-state index in [1.165, 1.54) is 199 Å². The molecule has 1 saturated heterocycles. The molecule has 404 valence electrons. The average molecular weight is 971 g/mol. The fourth-order valence-corrected chi connectivity index (χ4v) is 9.56. The molecule has 1 rings (SSSR count). The Morgan fingerprint density at radius 2 is 0.868 bits per heavy atom. The van der Waals surface area contributed by atoms with Crippen molar-refractivity contribution in [3.8, 4) is 0 Å². The molecule has 9 atom stereocenters. The first-order valence-corrected chi connectivity index (χ1v) is 29.1. The van der Waals surface area contributed by atoms with Crippen LogP contribution in [0, 0.1) is 0 Å². The van der Waals surface area contributed by atoms with Gasteiger partial charge in [0, 0.05) is 0 Å². The molecule has 68 heavy (non-hydrogen) atoms. The van der Waals surface area contributed by atoms with Crippen LogP contribution >= 0.6 is 0 Å². The van der Waals surface area contributed by atoms with E-state index in [1.54, 1.807) is 0 Å². The van der Waals surface area contributed by atoms with E-state index in [0.717, 1.165) is 38.5 Å². The zero-order valence-electron chi connectivity index (χ0n) is 44.1. The summed E-state index contributed by atoms with van der Waals surface area (Å²) in [7, 11) is 0. The molecule has 0 aromatic heterocycles. The summed E-state index contributed by atoms with van der Waals surface area (Å²) in [5, 5.41) is 75.9. The number of rotatable bonds is 50. The summed E-state index contributed by atoms with van der Waals surface area (Å²) in [6.45, 7) is 3.45. The quantitative estimate of drug-likeness (QED) is 0.0215. The molecule has 9 unspecified atom stereocenters. The standard InChI is InChI=1S/C57H111NO10/c1-3-5-7-9-11-13-15-17-18-19-20-21-22-23-24-25-26-27-28-29-30-31-32-33-35-36-38-40-42-44-49(60)52(62)48(47-67-57-55(65)54(64)53(63)51(46-59)68-57)58-56(66)50(61)45-43-41-39-37-34-16-14-12-10-8-6-4-2/h36,38,48-55,57,59-65H,3-35,37,39-47H2,1-2H3,(H,58,66)/b38-36+. The Hall–Kier alpha value is -1.15. The highest BCUT2D eigenvalue weighted by Crippen LogP contribution is 2.23. The molecular weight excluding hydrogens is 859 g/mol. The molecule has 1 aliphatic rings. The average Bonchev–Trinajstić information content (AvgIpc) is 3.34. The van der Waals surface area contributed by atoms with Crippen molar-refractivity contribution in [1.29, 1.82) is 0 Å². The molecule has 0 bridgehead atoms. The lowest BCUT2D eigenvalue weighted by atomic mass is 9.98. The largest absolute Gasteiger partial charge is 0.394 e. The third-order valence-electron chi connectivity index (χ3n) is 14.3. The van der Waals surface area contributed by atoms with Gasteiger partial charge in [-0.3, -0.25) is 4.79 Å². The maximum Gasteiger partial charge on any atom is 0.249 e. The minimum absolute atomic E-state index is 0.258. The fraction of sp³-hybridized carbons (Fsp3) is 0.947. The zero-order chi connectivity index (χ0) is 49.7. The third-order valence-corrected chi connectivity index (χ3v) is 14.3. The Labute approximate surface area is 417 Å². The molecule has 1 amide bonds. The van der Waals surface area contributed by atoms with Crippen molar-refractivity contribution >= 4 is 5.91 Å². The van der Waals surface area contributed by atoms with Crippen molar-refractivity contribution in [2.45, 2.75) is 332 Å². The van der Waals surface area contributed by atoms with E-state index in [4.69, 9.17) is 9.47 Å². The van der Waals surface area contributed by atoms with Gasteiger partial charge in [-0.25, -0.2) is 0 Å². The van der Waals surface area contributed by atoms with Crippen LogP contribution in [0.25, 0.3) is 0 Å². The minimum Gasteiger partial charge on any atom is -0.394 e. The normalized spacial score (nSPS) is 20.5. The van der Waals surface area contributed by atoms with Gasteiger partial charge in [-0.1, -0.05) is 251 Å². The van der Waals surface area contributed by atoms with E-state index in [0.29, 0.717) is 12.8 Å². The number of aliphatic hydroxyl groups excluding tert-OH is 7. The predicted molar refractivity (Wildman–Crippen MR) is 279 cm³/mol. The molecule has 0 aliphatic carbocycles. The van der Waals surface area contributed by atoms with E-state index in [-0.39, 0.29) is 12.8 Å². The lowest BCUT2D eigenvalue weighted by Crippen LogP contribution is -2.60. The number of hydrogen-bond donors (Lipinski definition) is 8. The van der Waals surface area contributed by atoms with Crippen molar-refractivity contribution in [3.05, 3.63) is 12.2 Å². The summed E-state index contributed by atoms with van der Waals surface area (Å²) in [5.41, 5.74) is 0. The van der Waals surface area contributed by atoms with Crippen molar-refractivity contribution in [2.24, 2.45) is 0 Å². The summed E-state index contributed by atoms with van der Waals surface area (Å²) < 4.78 is 11.1. The number of allylic oxidation sites excluding steroid dienone is 2. The molecular formula is C57H111NO10. The van der Waals surface area contributed by atoms with Crippen LogP contribution in [0.3, 0.4) is 0 Å². The molecule has 1 heterocycles. The number of nitrogens with one attached hydrogen (secondary N) is 1. The second-order valence-electron chi connectivity index (χ2n) is 20.7. The van der Waals surface area contributed by atoms with Crippen LogP contribution in [0.15, 0.2) is 12.2 Å². The Balaban J connectivity index is 2.25. The van der Waals surface area contributed by atoms with Crippen LogP contribution in [0.5, 0.6) is 0 Å². The van der Waals surface area contributed by atoms with Gasteiger partial charge in [0.1, 0.15) is 36.6 Å². The summed E-state index contributed by atoms with van der Waals surface area (Å²) in [5.74, 6) is -0.703. The number of hydrogen-bond acceptors (Lipinski definition) is 10. The van der Waals surface area contributed by atoms with Gasteiger partial charge in [0.15, 0.2) is 6.29 Å². The predicted octanol–water partition coefficient (Wildman–Crippen LogP) is 12.0. The van der Waals surface area contributed by atoms with Gasteiger partial charge in [-0.2, -0.15) is 0 Å². The molecule has 1 aliphatic heterocycles. The lowest BCUT2D eigenvalue weighted by molar-refractivity contribution is -0.303. The second kappa shape index (κ2) is 46.9. The van der Waals surface area contributed by atoms with Crippen molar-refractivity contribution < 1.29 is 50.0 Å². The van der Waals surface area contributed by atoms with Gasteiger partial charge in [0.05, 0.1) is 25.4 Å². The number of amides is 1. The Morgan fingerprint density at radius 3 is 1.26 bits per heavy atom. The van der Waals surface area contributed by atoms with E-state index in [9.17, 15) is 40.5 Å². The molecule has 0 aromatic rings. The number of ether oxygens (including phenoxy) is 2. The van der Waals surface area contributed by atoms with Crippen LogP contribution in [0.1, 0.15) is 277 Å². The fourth-order valence-electron chi connectivity index (χ4n) is 9.56. The molecule has 11 heteroatoms. The number of carbonyl (C=O) groups is 1. The molecule has 11 nitrogen and oxygen atoms in total. The summed E-state index contributed by atoms with van der Waals surface area (Å²) in [6, 6.07) is -1.18. The van der Waals surface area contributed by atoms with Gasteiger partial charge >= 0.3 is 0 Å². The van der Waals surface area contributed by atoms with Gasteiger partial charge < -0.3 is 50.5 Å². The summed E-state index contributed by atoms with van der Waals surface area (Å²) in [4.78, 5) is 13.1. The lowest BCUT2D eigenvalue weighted by Gasteiger charge is -2.40. The Morgan fingerprint density at radius 1 is 0.500 bits per heavy atom. The molecule has 0 saturated carbocycles. The van der Waals surface area contributed by atoms with E-state index >= 15 is 0 Å². The highest BCUT2D eigenvalue weighted by molar-refractivity contribution is 5.80. The third kappa shape index (κ3) is 35.1. The second-order valence-corrected chi connectivity index (χ2v) is 20.7. The number of unbranched alkanes of at least 4 members (excludes halogenated alkanes) is 36. The van der Waals surface area contributed by atoms with Crippen LogP contribution in [0.2, 0.25) is 0 Å².